The molecule has 0 aliphatic carbocycles. The number of amides is 1. The number of benzene rings is 2. The molecule has 1 atom stereocenters. The van der Waals surface area contributed by atoms with E-state index in [4.69, 9.17) is 0 Å². The van der Waals surface area contributed by atoms with Crippen molar-refractivity contribution in [2.45, 2.75) is 19.4 Å². The molecule has 0 aliphatic heterocycles. The average molecular weight is 312 g/mol. The van der Waals surface area contributed by atoms with E-state index in [0.29, 0.717) is 5.13 Å². The summed E-state index contributed by atoms with van der Waals surface area (Å²) in [4.78, 5) is 16.4. The molecule has 4 nitrogen and oxygen atoms in total. The molecular weight excluding hydrogens is 296 g/mol. The van der Waals surface area contributed by atoms with E-state index in [1.54, 1.807) is 12.1 Å². The fourth-order valence-electron chi connectivity index (χ4n) is 2.22. The van der Waals surface area contributed by atoms with Crippen molar-refractivity contribution in [2.24, 2.45) is 0 Å². The lowest BCUT2D eigenvalue weighted by Gasteiger charge is -2.09. The third kappa shape index (κ3) is 3.32. The van der Waals surface area contributed by atoms with Crippen LogP contribution in [0.4, 0.5) is 5.13 Å². The van der Waals surface area contributed by atoms with Crippen molar-refractivity contribution in [1.82, 2.24) is 4.98 Å². The van der Waals surface area contributed by atoms with Crippen molar-refractivity contribution in [3.63, 3.8) is 0 Å². The van der Waals surface area contributed by atoms with Gasteiger partial charge in [-0.15, -0.1) is 0 Å². The number of fused-ring (bicyclic) bond motifs is 1. The van der Waals surface area contributed by atoms with Gasteiger partial charge in [0.15, 0.2) is 5.13 Å². The average Bonchev–Trinajstić information content (AvgIpc) is 2.89. The van der Waals surface area contributed by atoms with E-state index in [1.807, 2.05) is 43.3 Å². The Balaban J connectivity index is 1.68. The number of carbonyl (C=O) groups excluding carboxylic acids is 1. The number of anilines is 1. The number of aryl methyl sites for hydroxylation is 1. The van der Waals surface area contributed by atoms with Gasteiger partial charge in [-0.3, -0.25) is 4.79 Å². The van der Waals surface area contributed by atoms with Gasteiger partial charge >= 0.3 is 0 Å². The highest BCUT2D eigenvalue weighted by molar-refractivity contribution is 7.22. The van der Waals surface area contributed by atoms with Crippen LogP contribution in [0.25, 0.3) is 10.2 Å². The Morgan fingerprint density at radius 3 is 2.82 bits per heavy atom. The molecule has 5 heteroatoms. The van der Waals surface area contributed by atoms with Gasteiger partial charge in [0.1, 0.15) is 0 Å². The van der Waals surface area contributed by atoms with Crippen molar-refractivity contribution in [1.29, 1.82) is 0 Å². The lowest BCUT2D eigenvalue weighted by molar-refractivity contribution is -0.118. The summed E-state index contributed by atoms with van der Waals surface area (Å²) >= 11 is 1.44. The number of nitrogens with one attached hydrogen (secondary N) is 1. The Labute approximate surface area is 132 Å². The first-order valence-corrected chi connectivity index (χ1v) is 7.83. The topological polar surface area (TPSA) is 62.2 Å². The first-order valence-electron chi connectivity index (χ1n) is 7.02. The number of aliphatic hydroxyl groups excluding tert-OH is 1. The molecule has 112 valence electrons. The second kappa shape index (κ2) is 6.25. The smallest absolute Gasteiger partial charge is 0.229 e. The Hall–Kier alpha value is -2.24. The highest BCUT2D eigenvalue weighted by atomic mass is 32.1. The van der Waals surface area contributed by atoms with E-state index in [0.717, 1.165) is 21.3 Å². The summed E-state index contributed by atoms with van der Waals surface area (Å²) in [6.45, 7) is 2.02. The molecule has 1 heterocycles. The van der Waals surface area contributed by atoms with E-state index in [2.05, 4.69) is 10.3 Å². The van der Waals surface area contributed by atoms with Crippen molar-refractivity contribution >= 4 is 32.6 Å². The van der Waals surface area contributed by atoms with E-state index in [1.165, 1.54) is 11.3 Å². The summed E-state index contributed by atoms with van der Waals surface area (Å²) in [7, 11) is 0. The van der Waals surface area contributed by atoms with Crippen molar-refractivity contribution < 1.29 is 9.90 Å². The molecule has 22 heavy (non-hydrogen) atoms. The molecule has 3 aromatic rings. The quantitative estimate of drug-likeness (QED) is 0.772. The van der Waals surface area contributed by atoms with Crippen LogP contribution < -0.4 is 5.32 Å². The summed E-state index contributed by atoms with van der Waals surface area (Å²) < 4.78 is 1.04. The summed E-state index contributed by atoms with van der Waals surface area (Å²) in [5.41, 5.74) is 2.76. The van der Waals surface area contributed by atoms with Gasteiger partial charge in [0.2, 0.25) is 5.91 Å². The minimum Gasteiger partial charge on any atom is -0.388 e. The van der Waals surface area contributed by atoms with Gasteiger partial charge in [-0.05, 0) is 30.2 Å². The molecule has 0 aliphatic rings. The summed E-state index contributed by atoms with van der Waals surface area (Å²) in [6.07, 6.45) is -0.795. The molecule has 0 saturated heterocycles. The van der Waals surface area contributed by atoms with Crippen LogP contribution in [0, 0.1) is 6.92 Å². The van der Waals surface area contributed by atoms with Crippen LogP contribution in [0.3, 0.4) is 0 Å². The van der Waals surface area contributed by atoms with Crippen LogP contribution in [0.5, 0.6) is 0 Å². The first-order chi connectivity index (χ1) is 10.6. The van der Waals surface area contributed by atoms with Crippen LogP contribution in [-0.4, -0.2) is 16.0 Å². The maximum atomic E-state index is 12.0. The SMILES string of the molecule is Cc1ccc2nc(NC(=O)CC(O)c3ccccc3)sc2c1. The fourth-order valence-corrected chi connectivity index (χ4v) is 3.20. The van der Waals surface area contributed by atoms with Crippen LogP contribution in [0.15, 0.2) is 48.5 Å². The second-order valence-electron chi connectivity index (χ2n) is 5.17. The normalized spacial score (nSPS) is 12.3. The molecule has 2 N–H and O–H groups in total. The third-order valence-electron chi connectivity index (χ3n) is 3.35. The van der Waals surface area contributed by atoms with Crippen LogP contribution in [0.1, 0.15) is 23.7 Å². The maximum Gasteiger partial charge on any atom is 0.229 e. The van der Waals surface area contributed by atoms with Crippen LogP contribution >= 0.6 is 11.3 Å². The molecule has 0 fully saturated rings. The van der Waals surface area contributed by atoms with Gasteiger partial charge < -0.3 is 10.4 Å². The predicted molar refractivity (Wildman–Crippen MR) is 89.0 cm³/mol. The number of nitrogens with zero attached hydrogens (tertiary/aromatic N) is 1. The monoisotopic (exact) mass is 312 g/mol. The number of thiazole rings is 1. The van der Waals surface area contributed by atoms with Gasteiger partial charge in [0.05, 0.1) is 22.7 Å². The Bertz CT molecular complexity index is 799. The number of hydrogen-bond acceptors (Lipinski definition) is 4. The van der Waals surface area contributed by atoms with E-state index in [9.17, 15) is 9.90 Å². The molecule has 1 aromatic heterocycles. The molecule has 0 spiro atoms. The molecule has 0 radical (unpaired) electrons. The lowest BCUT2D eigenvalue weighted by Crippen LogP contribution is -2.15. The highest BCUT2D eigenvalue weighted by Crippen LogP contribution is 2.27. The zero-order valence-corrected chi connectivity index (χ0v) is 12.9. The third-order valence-corrected chi connectivity index (χ3v) is 4.29. The van der Waals surface area contributed by atoms with Crippen LogP contribution in [-0.2, 0) is 4.79 Å². The van der Waals surface area contributed by atoms with Gasteiger partial charge in [-0.1, -0.05) is 47.7 Å². The first kappa shape index (κ1) is 14.7. The predicted octanol–water partition coefficient (Wildman–Crippen LogP) is 3.67. The summed E-state index contributed by atoms with van der Waals surface area (Å²) in [6, 6.07) is 15.1. The largest absolute Gasteiger partial charge is 0.388 e. The fraction of sp³-hybridized carbons (Fsp3) is 0.176. The zero-order chi connectivity index (χ0) is 15.5. The maximum absolute atomic E-state index is 12.0. The lowest BCUT2D eigenvalue weighted by atomic mass is 10.1. The van der Waals surface area contributed by atoms with Gasteiger partial charge in [-0.25, -0.2) is 4.98 Å². The Morgan fingerprint density at radius 2 is 2.05 bits per heavy atom. The van der Waals surface area contributed by atoms with Crippen molar-refractivity contribution in [3.8, 4) is 0 Å². The summed E-state index contributed by atoms with van der Waals surface area (Å²) in [5, 5.41) is 13.4. The number of aliphatic hydroxyl groups is 1. The minimum atomic E-state index is -0.808. The summed E-state index contributed by atoms with van der Waals surface area (Å²) in [5.74, 6) is -0.243. The molecule has 3 rings (SSSR count). The molecule has 1 amide bonds. The number of aromatic nitrogens is 1. The molecule has 0 saturated carbocycles. The molecular formula is C17H16N2O2S. The van der Waals surface area contributed by atoms with E-state index in [-0.39, 0.29) is 12.3 Å². The standard InChI is InChI=1S/C17H16N2O2S/c1-11-7-8-13-15(9-11)22-17(18-13)19-16(21)10-14(20)12-5-3-2-4-6-12/h2-9,14,20H,10H2,1H3,(H,18,19,21). The minimum absolute atomic E-state index is 0.0129. The van der Waals surface area contributed by atoms with E-state index < -0.39 is 6.10 Å². The second-order valence-corrected chi connectivity index (χ2v) is 6.20. The van der Waals surface area contributed by atoms with Crippen molar-refractivity contribution in [3.05, 3.63) is 59.7 Å². The van der Waals surface area contributed by atoms with Gasteiger partial charge in [0, 0.05) is 0 Å². The molecule has 2 aromatic carbocycles. The zero-order valence-electron chi connectivity index (χ0n) is 12.1. The number of hydrogen-bond donors (Lipinski definition) is 2. The Kier molecular flexibility index (Phi) is 4.18. The van der Waals surface area contributed by atoms with Gasteiger partial charge in [0.25, 0.3) is 0 Å². The molecule has 0 bridgehead atoms. The Morgan fingerprint density at radius 1 is 1.27 bits per heavy atom. The number of rotatable bonds is 4. The molecule has 1 unspecified atom stereocenters. The number of carbonyl (C=O) groups is 1. The van der Waals surface area contributed by atoms with Crippen molar-refractivity contribution in [2.75, 3.05) is 5.32 Å². The van der Waals surface area contributed by atoms with Gasteiger partial charge in [-0.2, -0.15) is 0 Å². The van der Waals surface area contributed by atoms with Crippen LogP contribution in [0.2, 0.25) is 0 Å². The highest BCUT2D eigenvalue weighted by Gasteiger charge is 2.14. The van der Waals surface area contributed by atoms with E-state index >= 15 is 0 Å².